The number of ether oxygens (including phenoxy) is 1. The monoisotopic (exact) mass is 1660 g/mol. The van der Waals surface area contributed by atoms with Crippen LogP contribution in [0.25, 0.3) is 31.7 Å². The number of halogens is 15. The number of aliphatic carboxylic acids is 1. The van der Waals surface area contributed by atoms with Crippen molar-refractivity contribution in [1.29, 1.82) is 0 Å². The molecule has 0 fully saturated rings. The number of hydrogen-bond donors (Lipinski definition) is 3. The second-order valence-electron chi connectivity index (χ2n) is 25.7. The van der Waals surface area contributed by atoms with Crippen LogP contribution >= 0.6 is 104 Å². The topological polar surface area (TPSA) is 165 Å². The van der Waals surface area contributed by atoms with E-state index in [-0.39, 0.29) is 62.5 Å². The van der Waals surface area contributed by atoms with E-state index >= 15 is 0 Å². The number of aliphatic hydroxyl groups is 1. The Morgan fingerprint density at radius 1 is 0.500 bits per heavy atom. The molecule has 33 heteroatoms. The van der Waals surface area contributed by atoms with Gasteiger partial charge in [-0.3, -0.25) is 0 Å². The molecule has 4 N–H and O–H groups in total. The Balaban J connectivity index is 0.000000312. The minimum absolute atomic E-state index is 0. The van der Waals surface area contributed by atoms with Gasteiger partial charge in [-0.05, 0) is 213 Å². The third-order valence-electron chi connectivity index (χ3n) is 15.6. The number of phenolic OH excluding ortho intramolecular Hbond substituents is 1. The smallest absolute Gasteiger partial charge is 0.870 e. The van der Waals surface area contributed by atoms with Crippen molar-refractivity contribution in [2.45, 2.75) is 174 Å². The van der Waals surface area contributed by atoms with Crippen LogP contribution in [0.2, 0.25) is 18.1 Å². The van der Waals surface area contributed by atoms with Crippen LogP contribution in [0.4, 0.5) is 52.7 Å². The van der Waals surface area contributed by atoms with Crippen molar-refractivity contribution in [2.24, 2.45) is 0 Å². The molecule has 0 unspecified atom stereocenters. The number of phenols is 1. The molecule has 0 aliphatic carbocycles. The van der Waals surface area contributed by atoms with Crippen molar-refractivity contribution >= 4 is 118 Å². The van der Waals surface area contributed by atoms with E-state index in [2.05, 4.69) is 54.9 Å². The first-order valence-electron chi connectivity index (χ1n) is 30.6. The second-order valence-corrected chi connectivity index (χ2v) is 39.1. The summed E-state index contributed by atoms with van der Waals surface area (Å²) in [6.07, 6.45) is -13.8. The third-order valence-corrected chi connectivity index (χ3v) is 28.5. The van der Waals surface area contributed by atoms with Crippen LogP contribution in [0.3, 0.4) is 0 Å². The number of carbonyl (C=O) groups is 1. The number of thioether (sulfide) groups is 3. The summed E-state index contributed by atoms with van der Waals surface area (Å²) in [7, 11) is -1.93. The molecule has 0 amide bonds. The molecule has 9 aromatic rings. The van der Waals surface area contributed by atoms with Gasteiger partial charge >= 0.3 is 54.1 Å². The van der Waals surface area contributed by atoms with Crippen LogP contribution in [0.15, 0.2) is 124 Å². The van der Waals surface area contributed by atoms with E-state index in [1.165, 1.54) is 73.5 Å². The number of aromatic hydroxyl groups is 1. The molecule has 3 heterocycles. The number of aromatic nitrogens is 3. The minimum Gasteiger partial charge on any atom is -0.870 e. The summed E-state index contributed by atoms with van der Waals surface area (Å²) >= 11 is 24.4. The number of aryl methyl sites for hydroxylation is 6. The standard InChI is InChI=1S/C25H29F4NOS2Si.C23H21F4NO3S2.C19H15F4NOS2.C4H7Cl3O.Na.H2O/c1-15-12-18(9-11-21(15)31-34(6,7)24(3,4)5)32-14-22-16(2)30-23(33-22)19-10-8-17(13-20(19)26)25(27,28)29;1-12-9-15(6-8-18(12)31-22(3,4)21(29)30)32-11-19-13(2)28-20(33-19)16-7-5-14(10-17(16)24)23(25,26)27;1-10-7-13(4-6-16(10)25)26-9-17-11(2)24-18(27-17)14-5-3-12(8-15(14)20)19(21,22)23;1-3(2,8)4(5,6)7;;/h8-13H,14H2,1-7H3;5-10H,11H2,1-4H3,(H,29,30);3-8,25H,9H2,1-2H3;8H,1-2H3;;1H2/q;;;;+1;/p-1. The molecule has 104 heavy (non-hydrogen) atoms. The van der Waals surface area contributed by atoms with Crippen LogP contribution in [-0.2, 0) is 40.6 Å². The molecule has 9 rings (SSSR count). The first-order valence-corrected chi connectivity index (χ1v) is 40.0. The molecule has 10 nitrogen and oxygen atoms in total. The Bertz CT molecular complexity index is 4430. The normalized spacial score (nSPS) is 12.2. The molecule has 0 radical (unpaired) electrons. The summed E-state index contributed by atoms with van der Waals surface area (Å²) in [6, 6.07) is 24.3. The van der Waals surface area contributed by atoms with Gasteiger partial charge in [-0.2, -0.15) is 39.5 Å². The zero-order valence-electron chi connectivity index (χ0n) is 59.0. The molecule has 0 aliphatic heterocycles. The fourth-order valence-electron chi connectivity index (χ4n) is 8.19. The van der Waals surface area contributed by atoms with Crippen LogP contribution in [0.5, 0.6) is 17.2 Å². The maximum absolute atomic E-state index is 14.4. The second kappa shape index (κ2) is 36.7. The molecular weight excluding hydrogens is 1580 g/mol. The summed E-state index contributed by atoms with van der Waals surface area (Å²) in [6.45, 7) is 27.9. The predicted octanol–water partition coefficient (Wildman–Crippen LogP) is 21.9. The van der Waals surface area contributed by atoms with Crippen molar-refractivity contribution < 1.29 is 117 Å². The fraction of sp³-hybridized carbons (Fsp3) is 0.352. The van der Waals surface area contributed by atoms with E-state index in [9.17, 15) is 67.7 Å². The van der Waals surface area contributed by atoms with Crippen LogP contribution < -0.4 is 38.7 Å². The molecule has 0 saturated heterocycles. The fourth-order valence-corrected chi connectivity index (χ4v) is 16.0. The van der Waals surface area contributed by atoms with Crippen molar-refractivity contribution in [2.75, 3.05) is 0 Å². The van der Waals surface area contributed by atoms with E-state index in [1.54, 1.807) is 55.6 Å². The van der Waals surface area contributed by atoms with Gasteiger partial charge in [0.1, 0.15) is 55.3 Å². The van der Waals surface area contributed by atoms with Gasteiger partial charge in [-0.25, -0.2) is 32.9 Å². The number of thiazole rings is 3. The zero-order valence-corrected chi connectivity index (χ0v) is 69.2. The van der Waals surface area contributed by atoms with Gasteiger partial charge in [0.15, 0.2) is 5.60 Å². The van der Waals surface area contributed by atoms with Gasteiger partial charge < -0.3 is 30.0 Å². The molecule has 0 saturated carbocycles. The summed E-state index contributed by atoms with van der Waals surface area (Å²) in [5.74, 6) is -0.522. The third kappa shape index (κ3) is 25.4. The van der Waals surface area contributed by atoms with Gasteiger partial charge in [0.2, 0.25) is 12.1 Å². The van der Waals surface area contributed by atoms with Crippen LogP contribution in [-0.4, -0.2) is 65.0 Å². The molecule has 0 spiro atoms. The number of carboxylic acids is 1. The Labute approximate surface area is 658 Å². The summed E-state index contributed by atoms with van der Waals surface area (Å²) in [5.41, 5.74) is -0.730. The van der Waals surface area contributed by atoms with Crippen molar-refractivity contribution in [3.63, 3.8) is 0 Å². The van der Waals surface area contributed by atoms with Gasteiger partial charge in [-0.15, -0.1) is 69.3 Å². The number of hydrogen-bond acceptors (Lipinski definition) is 15. The predicted molar refractivity (Wildman–Crippen MR) is 394 cm³/mol. The van der Waals surface area contributed by atoms with Crippen molar-refractivity contribution in [3.05, 3.63) is 192 Å². The number of rotatable bonds is 17. The van der Waals surface area contributed by atoms with E-state index in [1.807, 2.05) is 58.0 Å². The zero-order chi connectivity index (χ0) is 76.8. The largest absolute Gasteiger partial charge is 1.00 e. The first kappa shape index (κ1) is 91.7. The molecule has 0 bridgehead atoms. The Morgan fingerprint density at radius 3 is 1.06 bits per heavy atom. The average Bonchev–Trinajstić information content (AvgIpc) is 1.57. The maximum atomic E-state index is 14.4. The van der Waals surface area contributed by atoms with Gasteiger partial charge in [0.25, 0.3) is 0 Å². The summed E-state index contributed by atoms with van der Waals surface area (Å²) < 4.78 is 168. The van der Waals surface area contributed by atoms with Gasteiger partial charge in [0.05, 0.1) is 33.8 Å². The van der Waals surface area contributed by atoms with Crippen molar-refractivity contribution in [1.82, 2.24) is 15.0 Å². The van der Waals surface area contributed by atoms with E-state index in [0.29, 0.717) is 61.9 Å². The molecule has 560 valence electrons. The average molecular weight is 1660 g/mol. The van der Waals surface area contributed by atoms with Crippen LogP contribution in [0, 0.1) is 59.0 Å². The summed E-state index contributed by atoms with van der Waals surface area (Å²) in [5, 5.41) is 28.9. The van der Waals surface area contributed by atoms with Gasteiger partial charge in [0, 0.05) is 63.3 Å². The minimum atomic E-state index is -4.61. The first-order chi connectivity index (χ1) is 46.8. The summed E-state index contributed by atoms with van der Waals surface area (Å²) in [4.78, 5) is 30.1. The molecule has 3 aromatic heterocycles. The Kier molecular flexibility index (Phi) is 32.3. The quantitative estimate of drug-likeness (QED) is 0.0342. The van der Waals surface area contributed by atoms with Gasteiger partial charge in [-0.1, -0.05) is 55.6 Å². The molecule has 0 aliphatic rings. The Hall–Kier alpha value is -4.70. The number of nitrogens with zero attached hydrogens (tertiary/aromatic N) is 3. The van der Waals surface area contributed by atoms with E-state index < -0.39 is 82.0 Å². The van der Waals surface area contributed by atoms with Crippen LogP contribution in [0.1, 0.15) is 114 Å². The molecule has 6 aromatic carbocycles. The number of benzene rings is 6. The SMILES string of the molecule is CC(C)(O)C(Cl)(Cl)Cl.Cc1cc(SCc2sc(-c3ccc(C(F)(F)F)cc3F)nc2C)ccc1O.Cc1cc(SCc2sc(-c3ccc(C(F)(F)F)cc3F)nc2C)ccc1OC(C)(C)C(=O)O.Cc1cc(SCc2sc(-c3ccc(C(F)(F)F)cc3F)nc2C)ccc1O[Si](C)(C)C(C)(C)C.[Na+].[OH-]. The van der Waals surface area contributed by atoms with E-state index in [4.69, 9.17) is 49.1 Å². The molecular formula is C71H73Cl3F12N3NaO7S6Si. The number of alkyl halides is 12. The van der Waals surface area contributed by atoms with Crippen molar-refractivity contribution in [3.8, 4) is 49.0 Å². The maximum Gasteiger partial charge on any atom is 1.00 e. The Morgan fingerprint density at radius 2 is 0.798 bits per heavy atom. The number of carboxylic acid groups (broad SMARTS) is 1. The molecule has 0 atom stereocenters. The van der Waals surface area contributed by atoms with E-state index in [0.717, 1.165) is 99.5 Å².